The molecule has 0 saturated heterocycles. The van der Waals surface area contributed by atoms with Crippen molar-refractivity contribution in [3.63, 3.8) is 0 Å². The molecule has 40 heavy (non-hydrogen) atoms. The second-order valence-corrected chi connectivity index (χ2v) is 11.6. The minimum atomic E-state index is -4.13. The molecule has 0 spiro atoms. The van der Waals surface area contributed by atoms with Gasteiger partial charge >= 0.3 is 0 Å². The van der Waals surface area contributed by atoms with Gasteiger partial charge in [0.25, 0.3) is 10.0 Å². The van der Waals surface area contributed by atoms with Gasteiger partial charge in [-0.25, -0.2) is 8.42 Å². The molecule has 0 fully saturated rings. The Morgan fingerprint density at radius 3 is 2.17 bits per heavy atom. The van der Waals surface area contributed by atoms with E-state index < -0.39 is 28.5 Å². The molecule has 2 amide bonds. The van der Waals surface area contributed by atoms with Crippen LogP contribution in [-0.2, 0) is 26.2 Å². The van der Waals surface area contributed by atoms with Crippen LogP contribution in [0.3, 0.4) is 0 Å². The summed E-state index contributed by atoms with van der Waals surface area (Å²) in [6.07, 6.45) is 1.12. The number of hydrogen-bond donors (Lipinski definition) is 1. The van der Waals surface area contributed by atoms with Gasteiger partial charge in [0.1, 0.15) is 18.3 Å². The highest BCUT2D eigenvalue weighted by atomic mass is 32.2. The van der Waals surface area contributed by atoms with Crippen LogP contribution in [0.2, 0.25) is 0 Å². The molecule has 0 radical (unpaired) electrons. The third-order valence-electron chi connectivity index (χ3n) is 6.79. The summed E-state index contributed by atoms with van der Waals surface area (Å²) in [5.74, 6) is -0.223. The number of anilines is 1. The van der Waals surface area contributed by atoms with E-state index in [0.29, 0.717) is 17.9 Å². The summed E-state index contributed by atoms with van der Waals surface area (Å²) in [4.78, 5) is 28.9. The van der Waals surface area contributed by atoms with Gasteiger partial charge in [-0.05, 0) is 68.7 Å². The van der Waals surface area contributed by atoms with Crippen LogP contribution < -0.4 is 14.4 Å². The lowest BCUT2D eigenvalue weighted by Crippen LogP contribution is -2.53. The van der Waals surface area contributed by atoms with Gasteiger partial charge in [-0.15, -0.1) is 0 Å². The molecule has 0 aliphatic rings. The van der Waals surface area contributed by atoms with Gasteiger partial charge in [-0.2, -0.15) is 0 Å². The first-order valence-corrected chi connectivity index (χ1v) is 14.9. The van der Waals surface area contributed by atoms with Crippen molar-refractivity contribution in [2.45, 2.75) is 64.1 Å². The van der Waals surface area contributed by atoms with Crippen LogP contribution in [0.5, 0.6) is 5.75 Å². The molecule has 9 heteroatoms. The van der Waals surface area contributed by atoms with Crippen molar-refractivity contribution in [2.75, 3.05) is 18.0 Å². The molecule has 0 unspecified atom stereocenters. The molecule has 0 aromatic heterocycles. The number of aryl methyl sites for hydroxylation is 1. The molecule has 0 bridgehead atoms. The third-order valence-corrected chi connectivity index (χ3v) is 8.58. The van der Waals surface area contributed by atoms with E-state index >= 15 is 0 Å². The first-order chi connectivity index (χ1) is 19.1. The van der Waals surface area contributed by atoms with E-state index in [1.807, 2.05) is 52.0 Å². The molecule has 3 rings (SSSR count). The molecule has 0 heterocycles. The number of carbonyl (C=O) groups excluding carboxylic acids is 2. The fourth-order valence-electron chi connectivity index (χ4n) is 4.37. The van der Waals surface area contributed by atoms with E-state index in [2.05, 4.69) is 5.32 Å². The van der Waals surface area contributed by atoms with Crippen molar-refractivity contribution < 1.29 is 22.7 Å². The number of nitrogens with one attached hydrogen (secondary N) is 1. The standard InChI is InChI=1S/C31H39N3O5S/c1-6-24(4)32-31(36)29(7-2)33(21-25-13-11-12-23(3)20-25)30(35)22-34(26-14-9-8-10-15-26)40(37,38)28-18-16-27(39-5)17-19-28/h8-20,24,29H,6-7,21-22H2,1-5H3,(H,32,36)/t24-,29+/m1/s1. The number of sulfonamides is 1. The average molecular weight is 566 g/mol. The minimum Gasteiger partial charge on any atom is -0.497 e. The van der Waals surface area contributed by atoms with E-state index in [0.717, 1.165) is 21.9 Å². The predicted octanol–water partition coefficient (Wildman–Crippen LogP) is 4.92. The zero-order chi connectivity index (χ0) is 29.3. The average Bonchev–Trinajstić information content (AvgIpc) is 2.96. The maximum Gasteiger partial charge on any atom is 0.264 e. The lowest BCUT2D eigenvalue weighted by atomic mass is 10.1. The number of amides is 2. The van der Waals surface area contributed by atoms with Crippen molar-refractivity contribution in [3.8, 4) is 5.75 Å². The quantitative estimate of drug-likeness (QED) is 0.317. The Morgan fingerprint density at radius 1 is 0.925 bits per heavy atom. The first kappa shape index (κ1) is 30.7. The van der Waals surface area contributed by atoms with Crippen LogP contribution >= 0.6 is 0 Å². The Labute approximate surface area is 238 Å². The largest absolute Gasteiger partial charge is 0.497 e. The summed E-state index contributed by atoms with van der Waals surface area (Å²) >= 11 is 0. The summed E-state index contributed by atoms with van der Waals surface area (Å²) in [6.45, 7) is 7.39. The van der Waals surface area contributed by atoms with Gasteiger partial charge < -0.3 is 15.0 Å². The Hall–Kier alpha value is -3.85. The summed E-state index contributed by atoms with van der Waals surface area (Å²) in [6, 6.07) is 21.4. The summed E-state index contributed by atoms with van der Waals surface area (Å²) in [5, 5.41) is 2.99. The van der Waals surface area contributed by atoms with E-state index in [-0.39, 0.29) is 23.4 Å². The highest BCUT2D eigenvalue weighted by Crippen LogP contribution is 2.26. The number of para-hydroxylation sites is 1. The number of hydrogen-bond acceptors (Lipinski definition) is 5. The molecule has 8 nitrogen and oxygen atoms in total. The Balaban J connectivity index is 2.03. The monoisotopic (exact) mass is 565 g/mol. The van der Waals surface area contributed by atoms with Crippen LogP contribution in [0.25, 0.3) is 0 Å². The number of ether oxygens (including phenoxy) is 1. The fourth-order valence-corrected chi connectivity index (χ4v) is 5.78. The smallest absolute Gasteiger partial charge is 0.264 e. The van der Waals surface area contributed by atoms with Gasteiger partial charge in [0.05, 0.1) is 17.7 Å². The van der Waals surface area contributed by atoms with Gasteiger partial charge in [-0.3, -0.25) is 13.9 Å². The number of methoxy groups -OCH3 is 1. The summed E-state index contributed by atoms with van der Waals surface area (Å²) < 4.78 is 34.0. The van der Waals surface area contributed by atoms with E-state index in [4.69, 9.17) is 4.74 Å². The van der Waals surface area contributed by atoms with Crippen LogP contribution in [0.1, 0.15) is 44.7 Å². The molecule has 2 atom stereocenters. The van der Waals surface area contributed by atoms with Gasteiger partial charge in [-0.1, -0.05) is 61.9 Å². The van der Waals surface area contributed by atoms with Crippen LogP contribution in [-0.4, -0.2) is 50.9 Å². The SMILES string of the molecule is CC[C@@H](C)NC(=O)[C@H](CC)N(Cc1cccc(C)c1)C(=O)CN(c1ccccc1)S(=O)(=O)c1ccc(OC)cc1. The highest BCUT2D eigenvalue weighted by molar-refractivity contribution is 7.92. The predicted molar refractivity (Wildman–Crippen MR) is 158 cm³/mol. The second-order valence-electron chi connectivity index (χ2n) is 9.78. The van der Waals surface area contributed by atoms with Gasteiger partial charge in [0, 0.05) is 12.6 Å². The molecule has 0 saturated carbocycles. The van der Waals surface area contributed by atoms with Gasteiger partial charge in [0.15, 0.2) is 0 Å². The Bertz CT molecular complexity index is 1380. The van der Waals surface area contributed by atoms with Crippen molar-refractivity contribution in [3.05, 3.63) is 90.0 Å². The van der Waals surface area contributed by atoms with Crippen LogP contribution in [0.15, 0.2) is 83.8 Å². The number of rotatable bonds is 13. The van der Waals surface area contributed by atoms with Gasteiger partial charge in [0.2, 0.25) is 11.8 Å². The van der Waals surface area contributed by atoms with E-state index in [1.54, 1.807) is 42.5 Å². The van der Waals surface area contributed by atoms with E-state index in [9.17, 15) is 18.0 Å². The number of carbonyl (C=O) groups is 2. The number of benzene rings is 3. The Morgan fingerprint density at radius 2 is 1.60 bits per heavy atom. The lowest BCUT2D eigenvalue weighted by molar-refractivity contribution is -0.140. The molecule has 0 aliphatic carbocycles. The molecule has 3 aromatic rings. The van der Waals surface area contributed by atoms with Crippen LogP contribution in [0.4, 0.5) is 5.69 Å². The molecule has 3 aromatic carbocycles. The molecular formula is C31H39N3O5S. The molecule has 0 aliphatic heterocycles. The van der Waals surface area contributed by atoms with Crippen molar-refractivity contribution in [2.24, 2.45) is 0 Å². The number of nitrogens with zero attached hydrogens (tertiary/aromatic N) is 2. The maximum absolute atomic E-state index is 14.1. The summed E-state index contributed by atoms with van der Waals surface area (Å²) in [5.41, 5.74) is 2.22. The zero-order valence-electron chi connectivity index (χ0n) is 23.8. The molecule has 214 valence electrons. The maximum atomic E-state index is 14.1. The molecular weight excluding hydrogens is 526 g/mol. The fraction of sp³-hybridized carbons (Fsp3) is 0.355. The van der Waals surface area contributed by atoms with Crippen molar-refractivity contribution in [1.82, 2.24) is 10.2 Å². The van der Waals surface area contributed by atoms with Crippen molar-refractivity contribution >= 4 is 27.5 Å². The molecule has 1 N–H and O–H groups in total. The Kier molecular flexibility index (Phi) is 10.7. The third kappa shape index (κ3) is 7.63. The minimum absolute atomic E-state index is 0.0248. The normalized spacial score (nSPS) is 12.7. The first-order valence-electron chi connectivity index (χ1n) is 13.5. The topological polar surface area (TPSA) is 96.0 Å². The lowest BCUT2D eigenvalue weighted by Gasteiger charge is -2.33. The second kappa shape index (κ2) is 14.0. The summed E-state index contributed by atoms with van der Waals surface area (Å²) in [7, 11) is -2.63. The van der Waals surface area contributed by atoms with E-state index in [1.165, 1.54) is 24.1 Å². The zero-order valence-corrected chi connectivity index (χ0v) is 24.6. The highest BCUT2D eigenvalue weighted by Gasteiger charge is 2.34. The van der Waals surface area contributed by atoms with Crippen molar-refractivity contribution in [1.29, 1.82) is 0 Å². The van der Waals surface area contributed by atoms with Crippen LogP contribution in [0, 0.1) is 6.92 Å².